The van der Waals surface area contributed by atoms with E-state index < -0.39 is 0 Å². The number of pyridine rings is 1. The van der Waals surface area contributed by atoms with Crippen molar-refractivity contribution in [3.05, 3.63) is 40.9 Å². The van der Waals surface area contributed by atoms with Gasteiger partial charge in [0.1, 0.15) is 5.82 Å². The van der Waals surface area contributed by atoms with E-state index in [4.69, 9.17) is 16.9 Å². The molecule has 0 aliphatic heterocycles. The second kappa shape index (κ2) is 8.37. The first-order chi connectivity index (χ1) is 8.77. The molecule has 1 heterocycles. The lowest BCUT2D eigenvalue weighted by Crippen LogP contribution is -2.24. The van der Waals surface area contributed by atoms with Crippen LogP contribution in [-0.2, 0) is 6.42 Å². The third kappa shape index (κ3) is 5.07. The van der Waals surface area contributed by atoms with Gasteiger partial charge in [0.05, 0.1) is 22.9 Å². The Kier molecular flexibility index (Phi) is 6.67. The summed E-state index contributed by atoms with van der Waals surface area (Å²) in [7, 11) is 1.78. The van der Waals surface area contributed by atoms with Crippen molar-refractivity contribution in [2.24, 2.45) is 0 Å². The van der Waals surface area contributed by atoms with E-state index in [0.717, 1.165) is 42.3 Å². The van der Waals surface area contributed by atoms with Crippen molar-refractivity contribution >= 4 is 11.6 Å². The molecule has 0 amide bonds. The average molecular weight is 265 g/mol. The van der Waals surface area contributed by atoms with E-state index in [0.29, 0.717) is 0 Å². The van der Waals surface area contributed by atoms with Crippen molar-refractivity contribution < 1.29 is 0 Å². The number of unbranched alkanes of at least 4 members (excludes halogenated alkanes) is 1. The van der Waals surface area contributed by atoms with Gasteiger partial charge in [-0.05, 0) is 31.4 Å². The van der Waals surface area contributed by atoms with Gasteiger partial charge < -0.3 is 10.6 Å². The monoisotopic (exact) mass is 264 g/mol. The topological polar surface area (TPSA) is 60.7 Å². The van der Waals surface area contributed by atoms with Crippen LogP contribution in [0.1, 0.15) is 18.5 Å². The van der Waals surface area contributed by atoms with Crippen LogP contribution in [0.2, 0.25) is 5.02 Å². The maximum Gasteiger partial charge on any atom is 0.109 e. The van der Waals surface area contributed by atoms with Gasteiger partial charge in [0.25, 0.3) is 0 Å². The van der Waals surface area contributed by atoms with Gasteiger partial charge >= 0.3 is 0 Å². The molecule has 18 heavy (non-hydrogen) atoms. The number of nitriles is 1. The number of aryl methyl sites for hydroxylation is 1. The van der Waals surface area contributed by atoms with Gasteiger partial charge in [0.15, 0.2) is 0 Å². The number of hydrogen-bond donors (Lipinski definition) is 2. The van der Waals surface area contributed by atoms with Crippen LogP contribution in [0.3, 0.4) is 0 Å². The smallest absolute Gasteiger partial charge is 0.109 e. The Bertz CT molecular complexity index is 437. The lowest BCUT2D eigenvalue weighted by atomic mass is 10.2. The summed E-state index contributed by atoms with van der Waals surface area (Å²) in [6.07, 6.45) is 6.09. The molecule has 1 aromatic rings. The molecule has 96 valence electrons. The summed E-state index contributed by atoms with van der Waals surface area (Å²) < 4.78 is 0. The van der Waals surface area contributed by atoms with E-state index in [1.807, 2.05) is 18.2 Å². The van der Waals surface area contributed by atoms with E-state index in [1.54, 1.807) is 13.2 Å². The zero-order valence-corrected chi connectivity index (χ0v) is 11.2. The molecule has 0 radical (unpaired) electrons. The van der Waals surface area contributed by atoms with Crippen LogP contribution < -0.4 is 10.6 Å². The molecule has 0 aliphatic carbocycles. The molecule has 2 N–H and O–H groups in total. The first kappa shape index (κ1) is 14.3. The number of rotatable bonds is 7. The van der Waals surface area contributed by atoms with E-state index in [2.05, 4.69) is 15.6 Å². The van der Waals surface area contributed by atoms with E-state index >= 15 is 0 Å². The standard InChI is InChI=1S/C13H17ClN4/c1-16-13(7-8-15)18-9-3-2-6-12-11(14)5-4-10-17-12/h4-5,7,10,16,18H,2-3,6,9H2,1H3. The van der Waals surface area contributed by atoms with Crippen molar-refractivity contribution in [1.82, 2.24) is 15.6 Å². The van der Waals surface area contributed by atoms with Crippen molar-refractivity contribution in [3.63, 3.8) is 0 Å². The minimum atomic E-state index is 0.728. The fourth-order valence-corrected chi connectivity index (χ4v) is 1.74. The zero-order chi connectivity index (χ0) is 13.2. The number of nitrogens with one attached hydrogen (secondary N) is 2. The SMILES string of the molecule is CNC(=CC#N)NCCCCc1ncccc1Cl. The third-order valence-corrected chi connectivity index (χ3v) is 2.81. The minimum Gasteiger partial charge on any atom is -0.374 e. The van der Waals surface area contributed by atoms with Gasteiger partial charge in [-0.2, -0.15) is 5.26 Å². The highest BCUT2D eigenvalue weighted by atomic mass is 35.5. The summed E-state index contributed by atoms with van der Waals surface area (Å²) in [5.74, 6) is 0.744. The molecule has 0 spiro atoms. The highest BCUT2D eigenvalue weighted by molar-refractivity contribution is 6.31. The molecular formula is C13H17ClN4. The summed E-state index contributed by atoms with van der Waals surface area (Å²) in [5, 5.41) is 15.3. The van der Waals surface area contributed by atoms with Crippen molar-refractivity contribution in [3.8, 4) is 6.07 Å². The maximum atomic E-state index is 8.52. The van der Waals surface area contributed by atoms with Crippen molar-refractivity contribution in [2.45, 2.75) is 19.3 Å². The maximum absolute atomic E-state index is 8.52. The van der Waals surface area contributed by atoms with Crippen LogP contribution in [0.4, 0.5) is 0 Å². The van der Waals surface area contributed by atoms with Gasteiger partial charge in [-0.15, -0.1) is 0 Å². The lowest BCUT2D eigenvalue weighted by Gasteiger charge is -2.08. The quantitative estimate of drug-likeness (QED) is 0.586. The zero-order valence-electron chi connectivity index (χ0n) is 10.4. The Hall–Kier alpha value is -1.73. The van der Waals surface area contributed by atoms with Crippen LogP contribution in [0.15, 0.2) is 30.2 Å². The molecular weight excluding hydrogens is 248 g/mol. The summed E-state index contributed by atoms with van der Waals surface area (Å²) in [5.41, 5.74) is 0.945. The summed E-state index contributed by atoms with van der Waals surface area (Å²) in [6.45, 7) is 0.818. The molecule has 0 bridgehead atoms. The molecule has 0 aromatic carbocycles. The molecule has 1 aromatic heterocycles. The third-order valence-electron chi connectivity index (χ3n) is 2.47. The summed E-state index contributed by atoms with van der Waals surface area (Å²) in [4.78, 5) is 4.24. The second-order valence-corrected chi connectivity index (χ2v) is 4.16. The predicted molar refractivity (Wildman–Crippen MR) is 72.9 cm³/mol. The lowest BCUT2D eigenvalue weighted by molar-refractivity contribution is 0.649. The second-order valence-electron chi connectivity index (χ2n) is 3.75. The Labute approximate surface area is 113 Å². The number of hydrogen-bond acceptors (Lipinski definition) is 4. The Morgan fingerprint density at radius 3 is 3.06 bits per heavy atom. The van der Waals surface area contributed by atoms with Crippen LogP contribution >= 0.6 is 11.6 Å². The number of halogens is 1. The highest BCUT2D eigenvalue weighted by Crippen LogP contribution is 2.14. The van der Waals surface area contributed by atoms with Gasteiger partial charge in [0.2, 0.25) is 0 Å². The molecule has 0 saturated heterocycles. The molecule has 0 fully saturated rings. The predicted octanol–water partition coefficient (Wildman–Crippen LogP) is 2.23. The fraction of sp³-hybridized carbons (Fsp3) is 0.385. The largest absolute Gasteiger partial charge is 0.374 e. The van der Waals surface area contributed by atoms with Gasteiger partial charge in [-0.3, -0.25) is 4.98 Å². The molecule has 0 atom stereocenters. The Balaban J connectivity index is 2.22. The molecule has 0 unspecified atom stereocenters. The van der Waals surface area contributed by atoms with Crippen LogP contribution in [0, 0.1) is 11.3 Å². The number of nitrogens with zero attached hydrogens (tertiary/aromatic N) is 2. The molecule has 0 aliphatic rings. The summed E-state index contributed by atoms with van der Waals surface area (Å²) in [6, 6.07) is 5.67. The normalized spacial score (nSPS) is 10.8. The van der Waals surface area contributed by atoms with E-state index in [-0.39, 0.29) is 0 Å². The van der Waals surface area contributed by atoms with Gasteiger partial charge in [0, 0.05) is 19.8 Å². The van der Waals surface area contributed by atoms with Crippen molar-refractivity contribution in [2.75, 3.05) is 13.6 Å². The van der Waals surface area contributed by atoms with Gasteiger partial charge in [-0.1, -0.05) is 11.6 Å². The number of allylic oxidation sites excluding steroid dienone is 1. The minimum absolute atomic E-state index is 0.728. The average Bonchev–Trinajstić information content (AvgIpc) is 2.39. The molecule has 4 nitrogen and oxygen atoms in total. The van der Waals surface area contributed by atoms with Gasteiger partial charge in [-0.25, -0.2) is 0 Å². The number of aromatic nitrogens is 1. The van der Waals surface area contributed by atoms with E-state index in [1.165, 1.54) is 6.08 Å². The Morgan fingerprint density at radius 1 is 1.56 bits per heavy atom. The first-order valence-corrected chi connectivity index (χ1v) is 6.26. The van der Waals surface area contributed by atoms with E-state index in [9.17, 15) is 0 Å². The molecule has 5 heteroatoms. The van der Waals surface area contributed by atoms with Crippen LogP contribution in [0.5, 0.6) is 0 Å². The first-order valence-electron chi connectivity index (χ1n) is 5.88. The highest BCUT2D eigenvalue weighted by Gasteiger charge is 2.00. The fourth-order valence-electron chi connectivity index (χ4n) is 1.52. The van der Waals surface area contributed by atoms with Crippen LogP contribution in [0.25, 0.3) is 0 Å². The Morgan fingerprint density at radius 2 is 2.39 bits per heavy atom. The summed E-state index contributed by atoms with van der Waals surface area (Å²) >= 11 is 6.02. The van der Waals surface area contributed by atoms with Crippen molar-refractivity contribution in [1.29, 1.82) is 5.26 Å². The van der Waals surface area contributed by atoms with Crippen LogP contribution in [-0.4, -0.2) is 18.6 Å². The molecule has 0 saturated carbocycles. The molecule has 1 rings (SSSR count).